The van der Waals surface area contributed by atoms with Gasteiger partial charge in [0.1, 0.15) is 12.1 Å². The highest BCUT2D eigenvalue weighted by molar-refractivity contribution is 7.13. The number of benzene rings is 1. The van der Waals surface area contributed by atoms with E-state index in [0.29, 0.717) is 12.8 Å². The van der Waals surface area contributed by atoms with Crippen LogP contribution in [-0.2, 0) is 14.4 Å². The molecule has 0 spiro atoms. The molecule has 0 unspecified atom stereocenters. The summed E-state index contributed by atoms with van der Waals surface area (Å²) in [4.78, 5) is 46.5. The van der Waals surface area contributed by atoms with E-state index in [0.717, 1.165) is 28.1 Å². The number of hydrogen-bond donors (Lipinski definition) is 3. The summed E-state index contributed by atoms with van der Waals surface area (Å²) in [6.07, 6.45) is 6.85. The normalized spacial score (nSPS) is 18.7. The summed E-state index contributed by atoms with van der Waals surface area (Å²) >= 11 is 1.59. The lowest BCUT2D eigenvalue weighted by Gasteiger charge is -2.35. The number of likely N-dealkylation sites (tertiary alicyclic amines) is 1. The first-order valence-corrected chi connectivity index (χ1v) is 14.3. The first-order valence-electron chi connectivity index (χ1n) is 13.4. The Morgan fingerprint density at radius 3 is 2.49 bits per heavy atom. The number of aliphatic hydroxyl groups is 1. The molecule has 9 heteroatoms. The average Bonchev–Trinajstić information content (AvgIpc) is 3.49. The Morgan fingerprint density at radius 2 is 1.90 bits per heavy atom. The molecule has 3 rings (SSSR count). The molecule has 3 N–H and O–H groups in total. The van der Waals surface area contributed by atoms with Gasteiger partial charge in [-0.3, -0.25) is 14.4 Å². The summed E-state index contributed by atoms with van der Waals surface area (Å²) < 4.78 is 0. The fourth-order valence-electron chi connectivity index (χ4n) is 4.76. The second-order valence-electron chi connectivity index (χ2n) is 11.3. The number of aryl methyl sites for hydroxylation is 1. The number of unbranched alkanes of at least 4 members (excludes halogenated alkanes) is 2. The van der Waals surface area contributed by atoms with E-state index in [9.17, 15) is 19.5 Å². The van der Waals surface area contributed by atoms with E-state index in [-0.39, 0.29) is 43.1 Å². The average molecular weight is 553 g/mol. The third-order valence-corrected chi connectivity index (χ3v) is 8.01. The van der Waals surface area contributed by atoms with Crippen LogP contribution in [0.1, 0.15) is 77.1 Å². The first kappa shape index (κ1) is 30.3. The highest BCUT2D eigenvalue weighted by Crippen LogP contribution is 2.29. The van der Waals surface area contributed by atoms with Crippen LogP contribution in [0.25, 0.3) is 10.4 Å². The van der Waals surface area contributed by atoms with E-state index in [1.54, 1.807) is 11.3 Å². The van der Waals surface area contributed by atoms with E-state index in [1.165, 1.54) is 4.90 Å². The van der Waals surface area contributed by atoms with Crippen molar-refractivity contribution in [3.8, 4) is 22.8 Å². The molecular formula is C30H40N4O4S. The number of terminal acetylenes is 1. The summed E-state index contributed by atoms with van der Waals surface area (Å²) in [5, 5.41) is 16.3. The van der Waals surface area contributed by atoms with Gasteiger partial charge >= 0.3 is 0 Å². The number of hydrogen-bond acceptors (Lipinski definition) is 6. The Balaban J connectivity index is 1.68. The minimum Gasteiger partial charge on any atom is -0.391 e. The zero-order valence-corrected chi connectivity index (χ0v) is 24.3. The van der Waals surface area contributed by atoms with Crippen LogP contribution in [0, 0.1) is 24.7 Å². The smallest absolute Gasteiger partial charge is 0.246 e. The molecule has 8 nitrogen and oxygen atoms in total. The minimum absolute atomic E-state index is 0.0405. The molecule has 0 aliphatic carbocycles. The van der Waals surface area contributed by atoms with Crippen LogP contribution in [0.4, 0.5) is 0 Å². The van der Waals surface area contributed by atoms with E-state index < -0.39 is 23.6 Å². The highest BCUT2D eigenvalue weighted by atomic mass is 32.1. The van der Waals surface area contributed by atoms with Gasteiger partial charge in [-0.25, -0.2) is 4.98 Å². The fourth-order valence-corrected chi connectivity index (χ4v) is 5.57. The molecule has 0 saturated carbocycles. The molecule has 1 aromatic carbocycles. The van der Waals surface area contributed by atoms with Crippen molar-refractivity contribution < 1.29 is 19.5 Å². The van der Waals surface area contributed by atoms with E-state index in [2.05, 4.69) is 21.5 Å². The molecule has 1 aromatic heterocycles. The van der Waals surface area contributed by atoms with Gasteiger partial charge in [-0.05, 0) is 43.2 Å². The summed E-state index contributed by atoms with van der Waals surface area (Å²) in [7, 11) is 0. The minimum atomic E-state index is -0.835. The first-order chi connectivity index (χ1) is 18.4. The third-order valence-electron chi connectivity index (χ3n) is 7.04. The summed E-state index contributed by atoms with van der Waals surface area (Å²) in [6, 6.07) is 6.00. The van der Waals surface area contributed by atoms with Crippen molar-refractivity contribution in [2.45, 2.75) is 91.0 Å². The maximum atomic E-state index is 13.7. The largest absolute Gasteiger partial charge is 0.391 e. The van der Waals surface area contributed by atoms with Crippen molar-refractivity contribution in [2.24, 2.45) is 5.41 Å². The Bertz CT molecular complexity index is 1190. The summed E-state index contributed by atoms with van der Waals surface area (Å²) in [5.74, 6) is 1.63. The van der Waals surface area contributed by atoms with Gasteiger partial charge in [-0.1, -0.05) is 45.0 Å². The molecule has 0 radical (unpaired) electrons. The third kappa shape index (κ3) is 7.90. The van der Waals surface area contributed by atoms with Gasteiger partial charge in [0.05, 0.1) is 28.2 Å². The molecule has 0 bridgehead atoms. The number of rotatable bonds is 10. The van der Waals surface area contributed by atoms with Crippen molar-refractivity contribution in [1.82, 2.24) is 20.5 Å². The quantitative estimate of drug-likeness (QED) is 0.305. The van der Waals surface area contributed by atoms with Crippen molar-refractivity contribution in [3.63, 3.8) is 0 Å². The van der Waals surface area contributed by atoms with Crippen molar-refractivity contribution in [2.75, 3.05) is 6.54 Å². The lowest BCUT2D eigenvalue weighted by Crippen LogP contribution is -2.57. The van der Waals surface area contributed by atoms with Gasteiger partial charge in [-0.15, -0.1) is 23.7 Å². The number of β-amino-alcohol motifs (C(OH)–C–C–N with tert-alkyl or cyclic N) is 1. The van der Waals surface area contributed by atoms with Crippen LogP contribution in [0.2, 0.25) is 0 Å². The molecule has 2 aromatic rings. The van der Waals surface area contributed by atoms with Gasteiger partial charge in [0.15, 0.2) is 0 Å². The zero-order valence-electron chi connectivity index (χ0n) is 23.5. The number of nitrogens with zero attached hydrogens (tertiary/aromatic N) is 2. The van der Waals surface area contributed by atoms with Crippen molar-refractivity contribution in [1.29, 1.82) is 0 Å². The maximum absolute atomic E-state index is 13.7. The van der Waals surface area contributed by atoms with Crippen LogP contribution in [0.3, 0.4) is 0 Å². The molecule has 3 amide bonds. The van der Waals surface area contributed by atoms with Gasteiger partial charge in [0.2, 0.25) is 17.7 Å². The van der Waals surface area contributed by atoms with Crippen LogP contribution >= 0.6 is 11.3 Å². The molecule has 1 saturated heterocycles. The van der Waals surface area contributed by atoms with E-state index in [1.807, 2.05) is 64.4 Å². The van der Waals surface area contributed by atoms with Gasteiger partial charge in [0.25, 0.3) is 0 Å². The van der Waals surface area contributed by atoms with E-state index in [4.69, 9.17) is 6.42 Å². The monoisotopic (exact) mass is 552 g/mol. The van der Waals surface area contributed by atoms with Crippen molar-refractivity contribution >= 4 is 29.1 Å². The predicted molar refractivity (Wildman–Crippen MR) is 154 cm³/mol. The van der Waals surface area contributed by atoms with Crippen LogP contribution in [0.5, 0.6) is 0 Å². The number of carbonyl (C=O) groups is 3. The second-order valence-corrected chi connectivity index (χ2v) is 12.1. The fraction of sp³-hybridized carbons (Fsp3) is 0.533. The number of nitrogens with one attached hydrogen (secondary N) is 2. The van der Waals surface area contributed by atoms with Crippen LogP contribution in [-0.4, -0.2) is 57.4 Å². The molecule has 2 heterocycles. The molecule has 1 aliphatic rings. The summed E-state index contributed by atoms with van der Waals surface area (Å²) in [6.45, 7) is 9.52. The molecule has 1 fully saturated rings. The Labute approximate surface area is 235 Å². The molecular weight excluding hydrogens is 512 g/mol. The summed E-state index contributed by atoms with van der Waals surface area (Å²) in [5.41, 5.74) is 4.20. The maximum Gasteiger partial charge on any atom is 0.246 e. The topological polar surface area (TPSA) is 112 Å². The van der Waals surface area contributed by atoms with Gasteiger partial charge in [0, 0.05) is 25.8 Å². The zero-order chi connectivity index (χ0) is 28.7. The number of aliphatic hydroxyl groups excluding tert-OH is 1. The Kier molecular flexibility index (Phi) is 10.3. The molecule has 39 heavy (non-hydrogen) atoms. The van der Waals surface area contributed by atoms with E-state index >= 15 is 0 Å². The SMILES string of the molecule is C#CCCCCC(=O)N[C@H](C(=O)N1C[C@H](O)C[C@H]1C(=O)N[C@@H](C)c1ccc(-c2scnc2C)cc1)C(C)(C)C. The number of amides is 3. The van der Waals surface area contributed by atoms with Crippen LogP contribution in [0.15, 0.2) is 29.8 Å². The Hall–Kier alpha value is -3.22. The second kappa shape index (κ2) is 13.2. The molecule has 1 aliphatic heterocycles. The number of thiazole rings is 1. The number of aromatic nitrogens is 1. The standard InChI is InChI=1S/C30H40N4O4S/c1-7-8-9-10-11-25(36)33-27(30(4,5)6)29(38)34-17-23(35)16-24(34)28(37)32-19(2)21-12-14-22(15-13-21)26-20(3)31-18-39-26/h1,12-15,18-19,23-24,27,35H,8-11,16-17H2,2-6H3,(H,32,37)(H,33,36)/t19-,23+,24-,27+/m0/s1. The van der Waals surface area contributed by atoms with Gasteiger partial charge < -0.3 is 20.6 Å². The predicted octanol–water partition coefficient (Wildman–Crippen LogP) is 3.98. The molecule has 210 valence electrons. The Morgan fingerprint density at radius 1 is 1.21 bits per heavy atom. The lowest BCUT2D eigenvalue weighted by molar-refractivity contribution is -0.144. The lowest BCUT2D eigenvalue weighted by atomic mass is 9.85. The molecule has 4 atom stereocenters. The van der Waals surface area contributed by atoms with Crippen LogP contribution < -0.4 is 10.6 Å². The highest BCUT2D eigenvalue weighted by Gasteiger charge is 2.44. The van der Waals surface area contributed by atoms with Gasteiger partial charge in [-0.2, -0.15) is 0 Å². The number of carbonyl (C=O) groups excluding carboxylic acids is 3. The van der Waals surface area contributed by atoms with Crippen molar-refractivity contribution in [3.05, 3.63) is 41.0 Å².